The molecule has 3 aromatic rings. The van der Waals surface area contributed by atoms with Gasteiger partial charge in [0.15, 0.2) is 5.82 Å². The molecule has 0 aliphatic carbocycles. The van der Waals surface area contributed by atoms with Crippen molar-refractivity contribution in [3.8, 4) is 16.7 Å². The Hall–Kier alpha value is -2.93. The van der Waals surface area contributed by atoms with E-state index in [1.54, 1.807) is 7.11 Å². The quantitative estimate of drug-likeness (QED) is 0.501. The number of amides is 1. The van der Waals surface area contributed by atoms with Crippen molar-refractivity contribution >= 4 is 17.4 Å². The van der Waals surface area contributed by atoms with Crippen LogP contribution >= 0.6 is 11.5 Å². The highest BCUT2D eigenvalue weighted by molar-refractivity contribution is 7.07. The third kappa shape index (κ3) is 6.57. The van der Waals surface area contributed by atoms with Gasteiger partial charge in [-0.15, -0.1) is 0 Å². The van der Waals surface area contributed by atoms with E-state index in [2.05, 4.69) is 21.6 Å². The lowest BCUT2D eigenvalue weighted by molar-refractivity contribution is -0.120. The first-order chi connectivity index (χ1) is 14.2. The van der Waals surface area contributed by atoms with Crippen molar-refractivity contribution in [1.29, 1.82) is 0 Å². The zero-order chi connectivity index (χ0) is 20.5. The molecule has 152 valence electrons. The molecule has 0 radical (unpaired) electrons. The first-order valence-corrected chi connectivity index (χ1v) is 10.4. The summed E-state index contributed by atoms with van der Waals surface area (Å²) in [6, 6.07) is 15.3. The van der Waals surface area contributed by atoms with Gasteiger partial charge in [-0.25, -0.2) is 0 Å². The molecule has 1 aromatic heterocycles. The molecule has 6 nitrogen and oxygen atoms in total. The molecule has 0 unspecified atom stereocenters. The fourth-order valence-corrected chi connectivity index (χ4v) is 3.31. The van der Waals surface area contributed by atoms with Crippen molar-refractivity contribution < 1.29 is 14.3 Å². The number of nitrogens with one attached hydrogen (secondary N) is 1. The summed E-state index contributed by atoms with van der Waals surface area (Å²) < 4.78 is 15.4. The van der Waals surface area contributed by atoms with Crippen LogP contribution in [0.5, 0.6) is 16.7 Å². The number of unbranched alkanes of at least 4 members (excludes halogenated alkanes) is 1. The summed E-state index contributed by atoms with van der Waals surface area (Å²) >= 11 is 1.22. The van der Waals surface area contributed by atoms with E-state index in [0.717, 1.165) is 36.3 Å². The van der Waals surface area contributed by atoms with Crippen LogP contribution in [0.2, 0.25) is 0 Å². The number of rotatable bonds is 10. The highest BCUT2D eigenvalue weighted by Gasteiger charge is 2.09. The smallest absolute Gasteiger partial charge is 0.298 e. The van der Waals surface area contributed by atoms with Crippen molar-refractivity contribution in [2.24, 2.45) is 0 Å². The Labute approximate surface area is 175 Å². The molecule has 0 saturated heterocycles. The third-order valence-corrected chi connectivity index (χ3v) is 4.92. The second kappa shape index (κ2) is 10.6. The van der Waals surface area contributed by atoms with Crippen LogP contribution in [0, 0.1) is 0 Å². The number of aromatic nitrogens is 2. The lowest BCUT2D eigenvalue weighted by atomic mass is 10.1. The molecular formula is C22H25N3O3S. The molecule has 0 fully saturated rings. The molecule has 1 heterocycles. The second-order valence-corrected chi connectivity index (χ2v) is 7.35. The predicted molar refractivity (Wildman–Crippen MR) is 114 cm³/mol. The Kier molecular flexibility index (Phi) is 7.58. The van der Waals surface area contributed by atoms with Gasteiger partial charge in [-0.05, 0) is 41.8 Å². The first kappa shape index (κ1) is 20.8. The molecule has 0 spiro atoms. The summed E-state index contributed by atoms with van der Waals surface area (Å²) in [5, 5.41) is 3.42. The molecular weight excluding hydrogens is 386 g/mol. The average molecular weight is 412 g/mol. The Morgan fingerprint density at radius 2 is 1.93 bits per heavy atom. The number of ether oxygens (including phenoxy) is 2. The summed E-state index contributed by atoms with van der Waals surface area (Å²) in [4.78, 5) is 16.3. The van der Waals surface area contributed by atoms with Gasteiger partial charge in [0.05, 0.1) is 13.5 Å². The fourth-order valence-electron chi connectivity index (χ4n) is 2.74. The van der Waals surface area contributed by atoms with E-state index in [1.165, 1.54) is 11.5 Å². The van der Waals surface area contributed by atoms with Crippen LogP contribution in [0.25, 0.3) is 0 Å². The van der Waals surface area contributed by atoms with Crippen LogP contribution in [0.3, 0.4) is 0 Å². The van der Waals surface area contributed by atoms with Crippen molar-refractivity contribution in [2.75, 3.05) is 13.7 Å². The number of carbonyl (C=O) groups excluding carboxylic acids is 1. The lowest BCUT2D eigenvalue weighted by Crippen LogP contribution is -2.25. The van der Waals surface area contributed by atoms with Gasteiger partial charge in [0.25, 0.3) is 5.19 Å². The van der Waals surface area contributed by atoms with E-state index < -0.39 is 0 Å². The normalized spacial score (nSPS) is 10.6. The molecule has 7 heteroatoms. The predicted octanol–water partition coefficient (Wildman–Crippen LogP) is 4.39. The van der Waals surface area contributed by atoms with Crippen LogP contribution in [-0.2, 0) is 17.6 Å². The molecule has 1 N–H and O–H groups in total. The van der Waals surface area contributed by atoms with Gasteiger partial charge in [-0.1, -0.05) is 37.6 Å². The molecule has 0 saturated carbocycles. The number of hydrogen-bond acceptors (Lipinski definition) is 6. The van der Waals surface area contributed by atoms with E-state index in [0.29, 0.717) is 29.6 Å². The average Bonchev–Trinajstić information content (AvgIpc) is 3.16. The Bertz CT molecular complexity index is 925. The third-order valence-electron chi connectivity index (χ3n) is 4.29. The van der Waals surface area contributed by atoms with E-state index in [4.69, 9.17) is 9.47 Å². The number of methoxy groups -OCH3 is 1. The Balaban J connectivity index is 1.53. The van der Waals surface area contributed by atoms with Gasteiger partial charge in [0, 0.05) is 24.5 Å². The van der Waals surface area contributed by atoms with E-state index in [1.807, 2.05) is 48.5 Å². The maximum absolute atomic E-state index is 11.9. The SMILES string of the molecule is CCCCNC(=O)Cc1ccc(Oc2nc(Cc3cccc(OC)c3)ns2)cc1. The minimum Gasteiger partial charge on any atom is -0.497 e. The van der Waals surface area contributed by atoms with Crippen LogP contribution in [-0.4, -0.2) is 28.9 Å². The summed E-state index contributed by atoms with van der Waals surface area (Å²) in [6.45, 7) is 2.83. The standard InChI is InChI=1S/C22H25N3O3S/c1-3-4-12-23-21(26)15-16-8-10-18(11-9-16)28-22-24-20(25-29-22)14-17-6-5-7-19(13-17)27-2/h5-11,13H,3-4,12,14-15H2,1-2H3,(H,23,26). The molecule has 0 atom stereocenters. The number of benzene rings is 2. The van der Waals surface area contributed by atoms with Gasteiger partial charge in [0.1, 0.15) is 11.5 Å². The molecule has 0 bridgehead atoms. The van der Waals surface area contributed by atoms with Crippen LogP contribution in [0.15, 0.2) is 48.5 Å². The monoisotopic (exact) mass is 411 g/mol. The highest BCUT2D eigenvalue weighted by Crippen LogP contribution is 2.25. The van der Waals surface area contributed by atoms with Crippen LogP contribution < -0.4 is 14.8 Å². The van der Waals surface area contributed by atoms with Gasteiger partial charge in [-0.3, -0.25) is 4.79 Å². The van der Waals surface area contributed by atoms with Gasteiger partial charge in [0.2, 0.25) is 5.91 Å². The number of hydrogen-bond donors (Lipinski definition) is 1. The fraction of sp³-hybridized carbons (Fsp3) is 0.318. The lowest BCUT2D eigenvalue weighted by Gasteiger charge is -2.05. The van der Waals surface area contributed by atoms with Crippen LogP contribution in [0.4, 0.5) is 0 Å². The van der Waals surface area contributed by atoms with Gasteiger partial charge < -0.3 is 14.8 Å². The van der Waals surface area contributed by atoms with E-state index in [9.17, 15) is 4.79 Å². The molecule has 3 rings (SSSR count). The molecule has 2 aromatic carbocycles. The Morgan fingerprint density at radius 1 is 1.10 bits per heavy atom. The van der Waals surface area contributed by atoms with Crippen molar-refractivity contribution in [1.82, 2.24) is 14.7 Å². The number of carbonyl (C=O) groups is 1. The number of nitrogens with zero attached hydrogens (tertiary/aromatic N) is 2. The maximum atomic E-state index is 11.9. The van der Waals surface area contributed by atoms with E-state index in [-0.39, 0.29) is 5.91 Å². The van der Waals surface area contributed by atoms with Gasteiger partial charge in [-0.2, -0.15) is 9.36 Å². The van der Waals surface area contributed by atoms with E-state index >= 15 is 0 Å². The van der Waals surface area contributed by atoms with Crippen molar-refractivity contribution in [2.45, 2.75) is 32.6 Å². The van der Waals surface area contributed by atoms with Crippen LogP contribution in [0.1, 0.15) is 36.7 Å². The summed E-state index contributed by atoms with van der Waals surface area (Å²) in [6.07, 6.45) is 3.05. The van der Waals surface area contributed by atoms with Crippen molar-refractivity contribution in [3.63, 3.8) is 0 Å². The largest absolute Gasteiger partial charge is 0.497 e. The second-order valence-electron chi connectivity index (χ2n) is 6.63. The molecule has 29 heavy (non-hydrogen) atoms. The van der Waals surface area contributed by atoms with Crippen molar-refractivity contribution in [3.05, 3.63) is 65.5 Å². The molecule has 0 aliphatic rings. The highest BCUT2D eigenvalue weighted by atomic mass is 32.1. The summed E-state index contributed by atoms with van der Waals surface area (Å²) in [7, 11) is 1.65. The van der Waals surface area contributed by atoms with Gasteiger partial charge >= 0.3 is 0 Å². The summed E-state index contributed by atoms with van der Waals surface area (Å²) in [5.41, 5.74) is 2.03. The minimum atomic E-state index is 0.0402. The topological polar surface area (TPSA) is 73.3 Å². The maximum Gasteiger partial charge on any atom is 0.298 e. The summed E-state index contributed by atoms with van der Waals surface area (Å²) in [5.74, 6) is 2.23. The Morgan fingerprint density at radius 3 is 2.69 bits per heavy atom. The molecule has 0 aliphatic heterocycles. The zero-order valence-electron chi connectivity index (χ0n) is 16.7. The minimum absolute atomic E-state index is 0.0402. The molecule has 1 amide bonds. The zero-order valence-corrected chi connectivity index (χ0v) is 17.5. The first-order valence-electron chi connectivity index (χ1n) is 9.65.